The van der Waals surface area contributed by atoms with Crippen LogP contribution in [0.4, 0.5) is 0 Å². The van der Waals surface area contributed by atoms with Crippen molar-refractivity contribution in [2.45, 2.75) is 51.5 Å². The predicted octanol–water partition coefficient (Wildman–Crippen LogP) is 3.26. The van der Waals surface area contributed by atoms with Crippen molar-refractivity contribution < 1.29 is 9.84 Å². The van der Waals surface area contributed by atoms with Gasteiger partial charge in [-0.25, -0.2) is 9.97 Å². The average molecular weight is 389 g/mol. The van der Waals surface area contributed by atoms with Crippen molar-refractivity contribution >= 4 is 33.5 Å². The molecular weight excluding hydrogens is 364 g/mol. The van der Waals surface area contributed by atoms with Crippen LogP contribution in [0.3, 0.4) is 0 Å². The largest absolute Gasteiger partial charge is 0.389 e. The molecule has 0 aliphatic heterocycles. The number of halogens is 1. The zero-order valence-electron chi connectivity index (χ0n) is 15.7. The lowest BCUT2D eigenvalue weighted by Crippen LogP contribution is -2.27. The van der Waals surface area contributed by atoms with E-state index < -0.39 is 5.60 Å². The minimum atomic E-state index is -0.902. The Hall–Kier alpha value is -1.73. The molecule has 1 saturated carbocycles. The van der Waals surface area contributed by atoms with E-state index in [9.17, 15) is 5.11 Å². The Morgan fingerprint density at radius 2 is 2.11 bits per heavy atom. The van der Waals surface area contributed by atoms with Crippen molar-refractivity contribution in [1.29, 1.82) is 0 Å². The summed E-state index contributed by atoms with van der Waals surface area (Å²) in [5.74, 6) is 1.30. The fourth-order valence-electron chi connectivity index (χ4n) is 3.64. The Morgan fingerprint density at radius 1 is 1.33 bits per heavy atom. The van der Waals surface area contributed by atoms with Crippen LogP contribution in [-0.2, 0) is 17.9 Å². The second-order valence-corrected chi connectivity index (χ2v) is 8.32. The zero-order valence-corrected chi connectivity index (χ0v) is 16.4. The summed E-state index contributed by atoms with van der Waals surface area (Å²) in [4.78, 5) is 9.20. The van der Waals surface area contributed by atoms with E-state index in [2.05, 4.69) is 4.98 Å². The molecule has 0 saturated heterocycles. The van der Waals surface area contributed by atoms with Gasteiger partial charge in [0.1, 0.15) is 17.9 Å². The molecule has 1 aliphatic carbocycles. The van der Waals surface area contributed by atoms with Crippen molar-refractivity contribution in [3.8, 4) is 0 Å². The summed E-state index contributed by atoms with van der Waals surface area (Å²) < 4.78 is 8.08. The second kappa shape index (κ2) is 7.02. The summed E-state index contributed by atoms with van der Waals surface area (Å²) in [6, 6.07) is 7.84. The SMILES string of the molecule is CC(C)(O)Cn1c(COC2CC2CCN)nc2c(Cl)nc3ccccc3c21. The first-order valence-corrected chi connectivity index (χ1v) is 9.72. The number of para-hydroxylation sites is 1. The molecule has 1 aliphatic rings. The van der Waals surface area contributed by atoms with E-state index >= 15 is 0 Å². The molecule has 3 aromatic rings. The molecule has 0 radical (unpaired) electrons. The summed E-state index contributed by atoms with van der Waals surface area (Å²) in [7, 11) is 0. The first kappa shape index (κ1) is 18.6. The lowest BCUT2D eigenvalue weighted by atomic mass is 10.1. The molecule has 6 nitrogen and oxygen atoms in total. The summed E-state index contributed by atoms with van der Waals surface area (Å²) in [6.45, 7) is 5.03. The number of fused-ring (bicyclic) bond motifs is 3. The van der Waals surface area contributed by atoms with Gasteiger partial charge in [0, 0.05) is 5.39 Å². The number of ether oxygens (including phenoxy) is 1. The number of hydrogen-bond donors (Lipinski definition) is 2. The second-order valence-electron chi connectivity index (χ2n) is 7.97. The third-order valence-electron chi connectivity index (χ3n) is 4.99. The van der Waals surface area contributed by atoms with E-state index in [1.165, 1.54) is 0 Å². The first-order chi connectivity index (χ1) is 12.9. The van der Waals surface area contributed by atoms with Crippen molar-refractivity contribution in [2.24, 2.45) is 11.7 Å². The highest BCUT2D eigenvalue weighted by atomic mass is 35.5. The van der Waals surface area contributed by atoms with Gasteiger partial charge in [0.05, 0.1) is 29.3 Å². The highest BCUT2D eigenvalue weighted by molar-refractivity contribution is 6.35. The van der Waals surface area contributed by atoms with Gasteiger partial charge in [0.2, 0.25) is 0 Å². The van der Waals surface area contributed by atoms with E-state index in [0.29, 0.717) is 36.3 Å². The lowest BCUT2D eigenvalue weighted by Gasteiger charge is -2.20. The summed E-state index contributed by atoms with van der Waals surface area (Å²) in [5, 5.41) is 11.8. The molecule has 2 aromatic heterocycles. The Bertz CT molecular complexity index is 979. The van der Waals surface area contributed by atoms with Crippen LogP contribution in [0.5, 0.6) is 0 Å². The monoisotopic (exact) mass is 388 g/mol. The van der Waals surface area contributed by atoms with Crippen LogP contribution >= 0.6 is 11.6 Å². The Labute approximate surface area is 163 Å². The number of imidazole rings is 1. The van der Waals surface area contributed by atoms with Crippen LogP contribution in [-0.4, -0.2) is 37.9 Å². The summed E-state index contributed by atoms with van der Waals surface area (Å²) in [5.41, 5.74) is 7.07. The zero-order chi connectivity index (χ0) is 19.2. The van der Waals surface area contributed by atoms with Gasteiger partial charge in [0.25, 0.3) is 0 Å². The van der Waals surface area contributed by atoms with Crippen molar-refractivity contribution in [1.82, 2.24) is 14.5 Å². The van der Waals surface area contributed by atoms with Crippen molar-refractivity contribution in [3.05, 3.63) is 35.2 Å². The number of rotatable bonds is 7. The molecule has 0 spiro atoms. The number of nitrogens with zero attached hydrogens (tertiary/aromatic N) is 3. The van der Waals surface area contributed by atoms with E-state index in [1.54, 1.807) is 13.8 Å². The van der Waals surface area contributed by atoms with E-state index in [0.717, 1.165) is 35.1 Å². The third kappa shape index (κ3) is 3.80. The van der Waals surface area contributed by atoms with Crippen molar-refractivity contribution in [3.63, 3.8) is 0 Å². The molecule has 27 heavy (non-hydrogen) atoms. The summed E-state index contributed by atoms with van der Waals surface area (Å²) >= 11 is 6.43. The van der Waals surface area contributed by atoms with Gasteiger partial charge in [0.15, 0.2) is 5.15 Å². The van der Waals surface area contributed by atoms with E-state index in [-0.39, 0.29) is 6.10 Å². The fraction of sp³-hybridized carbons (Fsp3) is 0.500. The molecule has 2 unspecified atom stereocenters. The van der Waals surface area contributed by atoms with Gasteiger partial charge in [-0.1, -0.05) is 29.8 Å². The predicted molar refractivity (Wildman–Crippen MR) is 107 cm³/mol. The number of nitrogens with two attached hydrogens (primary N) is 1. The highest BCUT2D eigenvalue weighted by Crippen LogP contribution is 2.37. The molecule has 144 valence electrons. The molecule has 2 heterocycles. The number of aliphatic hydroxyl groups is 1. The molecule has 7 heteroatoms. The maximum atomic E-state index is 10.5. The smallest absolute Gasteiger partial charge is 0.157 e. The topological polar surface area (TPSA) is 86.2 Å². The average Bonchev–Trinajstić information content (AvgIpc) is 3.25. The first-order valence-electron chi connectivity index (χ1n) is 9.35. The maximum Gasteiger partial charge on any atom is 0.157 e. The van der Waals surface area contributed by atoms with Crippen LogP contribution in [0.25, 0.3) is 21.9 Å². The number of hydrogen-bond acceptors (Lipinski definition) is 5. The maximum absolute atomic E-state index is 10.5. The van der Waals surface area contributed by atoms with Gasteiger partial charge in [-0.05, 0) is 45.2 Å². The molecule has 1 aromatic carbocycles. The molecular formula is C20H25ClN4O2. The fourth-order valence-corrected chi connectivity index (χ4v) is 3.86. The standard InChI is InChI=1S/C20H25ClN4O2/c1-20(2,26)11-25-16(10-27-15-9-12(15)7-8-22)24-17-18(25)13-5-3-4-6-14(13)23-19(17)21/h3-6,12,15,26H,7-11,22H2,1-2H3. The lowest BCUT2D eigenvalue weighted by molar-refractivity contribution is 0.0547. The van der Waals surface area contributed by atoms with E-state index in [1.807, 2.05) is 28.8 Å². The molecule has 0 bridgehead atoms. The molecule has 3 N–H and O–H groups in total. The minimum absolute atomic E-state index is 0.245. The normalized spacial score (nSPS) is 19.9. The highest BCUT2D eigenvalue weighted by Gasteiger charge is 2.37. The Balaban J connectivity index is 1.77. The van der Waals surface area contributed by atoms with E-state index in [4.69, 9.17) is 27.1 Å². The van der Waals surface area contributed by atoms with Gasteiger partial charge in [-0.3, -0.25) is 0 Å². The van der Waals surface area contributed by atoms with Crippen molar-refractivity contribution in [2.75, 3.05) is 6.54 Å². The Kier molecular flexibility index (Phi) is 4.84. The third-order valence-corrected chi connectivity index (χ3v) is 5.25. The number of pyridine rings is 1. The number of aromatic nitrogens is 3. The summed E-state index contributed by atoms with van der Waals surface area (Å²) in [6.07, 6.45) is 2.29. The van der Waals surface area contributed by atoms with Gasteiger partial charge in [-0.2, -0.15) is 0 Å². The molecule has 0 amide bonds. The van der Waals surface area contributed by atoms with Gasteiger partial charge < -0.3 is 20.1 Å². The van der Waals surface area contributed by atoms with Crippen LogP contribution in [0.15, 0.2) is 24.3 Å². The Morgan fingerprint density at radius 3 is 2.85 bits per heavy atom. The van der Waals surface area contributed by atoms with Crippen LogP contribution in [0.2, 0.25) is 5.15 Å². The molecule has 2 atom stereocenters. The van der Waals surface area contributed by atoms with Gasteiger partial charge >= 0.3 is 0 Å². The number of benzene rings is 1. The van der Waals surface area contributed by atoms with Crippen LogP contribution < -0.4 is 5.73 Å². The minimum Gasteiger partial charge on any atom is -0.389 e. The molecule has 4 rings (SSSR count). The quantitative estimate of drug-likeness (QED) is 0.606. The van der Waals surface area contributed by atoms with Gasteiger partial charge in [-0.15, -0.1) is 0 Å². The van der Waals surface area contributed by atoms with Crippen LogP contribution in [0.1, 0.15) is 32.5 Å². The molecule has 1 fully saturated rings. The van der Waals surface area contributed by atoms with Crippen LogP contribution in [0, 0.1) is 5.92 Å².